The van der Waals surface area contributed by atoms with Crippen molar-refractivity contribution in [3.63, 3.8) is 0 Å². The number of aliphatic hydroxyl groups is 1. The molecule has 0 spiro atoms. The van der Waals surface area contributed by atoms with Gasteiger partial charge in [-0.3, -0.25) is 0 Å². The summed E-state index contributed by atoms with van der Waals surface area (Å²) in [5.74, 6) is 7.34. The SMILES string of the molecule is CC[C@@H](CC[C@@H](C)[C@H]1CC[C@H]2[C@@H]3CC[C@@H]4C[C@@H](O)CC[C@]4(C)[C@H]3CC[C@]12C)C(C)C. The average molecular weight is 417 g/mol. The molecule has 174 valence electrons. The van der Waals surface area contributed by atoms with Gasteiger partial charge in [-0.1, -0.05) is 54.4 Å². The van der Waals surface area contributed by atoms with Crippen LogP contribution < -0.4 is 0 Å². The van der Waals surface area contributed by atoms with E-state index in [2.05, 4.69) is 41.5 Å². The second kappa shape index (κ2) is 8.72. The Kier molecular flexibility index (Phi) is 6.72. The Morgan fingerprint density at radius 1 is 0.833 bits per heavy atom. The van der Waals surface area contributed by atoms with E-state index >= 15 is 0 Å². The van der Waals surface area contributed by atoms with Gasteiger partial charge in [0, 0.05) is 0 Å². The Labute approximate surface area is 188 Å². The van der Waals surface area contributed by atoms with Gasteiger partial charge in [-0.05, 0) is 122 Å². The highest BCUT2D eigenvalue weighted by molar-refractivity contribution is 5.09. The summed E-state index contributed by atoms with van der Waals surface area (Å²) < 4.78 is 0. The minimum atomic E-state index is -0.0111. The molecule has 10 atom stereocenters. The van der Waals surface area contributed by atoms with Crippen LogP contribution >= 0.6 is 0 Å². The molecule has 1 heteroatoms. The molecule has 4 saturated carbocycles. The Morgan fingerprint density at radius 2 is 1.53 bits per heavy atom. The van der Waals surface area contributed by atoms with Crippen LogP contribution in [-0.2, 0) is 0 Å². The largest absolute Gasteiger partial charge is 0.393 e. The smallest absolute Gasteiger partial charge is 0.0543 e. The molecule has 0 aliphatic heterocycles. The third-order valence-electron chi connectivity index (χ3n) is 11.9. The molecule has 1 nitrogen and oxygen atoms in total. The first-order chi connectivity index (χ1) is 14.2. The molecular formula is C29H52O. The molecule has 0 aromatic rings. The number of aliphatic hydroxyl groups excluding tert-OH is 1. The highest BCUT2D eigenvalue weighted by Crippen LogP contribution is 2.68. The van der Waals surface area contributed by atoms with Gasteiger partial charge in [0.1, 0.15) is 0 Å². The first-order valence-electron chi connectivity index (χ1n) is 13.9. The van der Waals surface area contributed by atoms with Crippen molar-refractivity contribution in [2.24, 2.45) is 58.2 Å². The third kappa shape index (κ3) is 3.82. The summed E-state index contributed by atoms with van der Waals surface area (Å²) in [4.78, 5) is 0. The fourth-order valence-corrected chi connectivity index (χ4v) is 9.90. The third-order valence-corrected chi connectivity index (χ3v) is 11.9. The molecule has 0 amide bonds. The zero-order chi connectivity index (χ0) is 21.7. The van der Waals surface area contributed by atoms with Gasteiger partial charge >= 0.3 is 0 Å². The lowest BCUT2D eigenvalue weighted by atomic mass is 9.44. The molecule has 4 aliphatic carbocycles. The van der Waals surface area contributed by atoms with Gasteiger partial charge in [-0.15, -0.1) is 0 Å². The Balaban J connectivity index is 1.45. The van der Waals surface area contributed by atoms with Crippen molar-refractivity contribution in [3.8, 4) is 0 Å². The van der Waals surface area contributed by atoms with Gasteiger partial charge in [0.25, 0.3) is 0 Å². The molecule has 4 aliphatic rings. The molecule has 0 heterocycles. The number of hydrogen-bond donors (Lipinski definition) is 1. The lowest BCUT2D eigenvalue weighted by molar-refractivity contribution is -0.129. The monoisotopic (exact) mass is 416 g/mol. The lowest BCUT2D eigenvalue weighted by Gasteiger charge is -2.61. The quantitative estimate of drug-likeness (QED) is 0.463. The van der Waals surface area contributed by atoms with Crippen LogP contribution in [-0.4, -0.2) is 11.2 Å². The standard InChI is InChI=1S/C29H52O/c1-7-21(19(2)3)9-8-20(4)25-12-13-26-24-11-10-22-18-23(30)14-16-28(22,5)27(24)15-17-29(25,26)6/h19-27,30H,7-18H2,1-6H3/t20-,21+,22-,23+,24+,25-,26+,27+,28+,29-/m1/s1. The van der Waals surface area contributed by atoms with Crippen molar-refractivity contribution in [2.45, 2.75) is 125 Å². The molecule has 0 saturated heterocycles. The van der Waals surface area contributed by atoms with Gasteiger partial charge in [0.15, 0.2) is 0 Å². The normalized spacial score (nSPS) is 48.0. The van der Waals surface area contributed by atoms with Crippen molar-refractivity contribution in [2.75, 3.05) is 0 Å². The first-order valence-corrected chi connectivity index (χ1v) is 13.9. The number of fused-ring (bicyclic) bond motifs is 5. The van der Waals surface area contributed by atoms with E-state index in [1.165, 1.54) is 64.2 Å². The first kappa shape index (κ1) is 23.1. The summed E-state index contributed by atoms with van der Waals surface area (Å²) in [5.41, 5.74) is 1.14. The van der Waals surface area contributed by atoms with Crippen LogP contribution in [0.25, 0.3) is 0 Å². The predicted octanol–water partition coefficient (Wildman–Crippen LogP) is 8.10. The average Bonchev–Trinajstić information content (AvgIpc) is 3.06. The van der Waals surface area contributed by atoms with Crippen molar-refractivity contribution in [3.05, 3.63) is 0 Å². The van der Waals surface area contributed by atoms with Crippen molar-refractivity contribution >= 4 is 0 Å². The molecule has 0 aromatic heterocycles. The van der Waals surface area contributed by atoms with Crippen molar-refractivity contribution in [1.82, 2.24) is 0 Å². The zero-order valence-corrected chi connectivity index (χ0v) is 21.1. The molecule has 0 aromatic carbocycles. The van der Waals surface area contributed by atoms with Crippen LogP contribution in [0.1, 0.15) is 119 Å². The molecular weight excluding hydrogens is 364 g/mol. The van der Waals surface area contributed by atoms with Crippen LogP contribution in [0.4, 0.5) is 0 Å². The van der Waals surface area contributed by atoms with Gasteiger partial charge in [0.2, 0.25) is 0 Å². The van der Waals surface area contributed by atoms with E-state index in [9.17, 15) is 5.11 Å². The van der Waals surface area contributed by atoms with E-state index < -0.39 is 0 Å². The molecule has 4 fully saturated rings. The molecule has 0 bridgehead atoms. The van der Waals surface area contributed by atoms with Crippen molar-refractivity contribution in [1.29, 1.82) is 0 Å². The minimum absolute atomic E-state index is 0.0111. The van der Waals surface area contributed by atoms with Crippen LogP contribution in [0.3, 0.4) is 0 Å². The van der Waals surface area contributed by atoms with E-state index in [-0.39, 0.29) is 6.10 Å². The molecule has 4 rings (SSSR count). The fourth-order valence-electron chi connectivity index (χ4n) is 9.90. The Bertz CT molecular complexity index is 583. The Morgan fingerprint density at radius 3 is 2.23 bits per heavy atom. The fraction of sp³-hybridized carbons (Fsp3) is 1.00. The topological polar surface area (TPSA) is 20.2 Å². The van der Waals surface area contributed by atoms with E-state index in [1.54, 1.807) is 0 Å². The summed E-state index contributed by atoms with van der Waals surface area (Å²) in [6.07, 6.45) is 16.5. The highest BCUT2D eigenvalue weighted by atomic mass is 16.3. The van der Waals surface area contributed by atoms with Gasteiger partial charge in [-0.2, -0.15) is 0 Å². The van der Waals surface area contributed by atoms with Gasteiger partial charge in [0.05, 0.1) is 6.10 Å². The summed E-state index contributed by atoms with van der Waals surface area (Å²) in [5, 5.41) is 10.3. The minimum Gasteiger partial charge on any atom is -0.393 e. The summed E-state index contributed by atoms with van der Waals surface area (Å²) in [7, 11) is 0. The van der Waals surface area contributed by atoms with Crippen LogP contribution in [0.15, 0.2) is 0 Å². The summed E-state index contributed by atoms with van der Waals surface area (Å²) in [6.45, 7) is 15.2. The number of rotatable bonds is 6. The van der Waals surface area contributed by atoms with Crippen LogP contribution in [0, 0.1) is 58.2 Å². The maximum Gasteiger partial charge on any atom is 0.0543 e. The van der Waals surface area contributed by atoms with Gasteiger partial charge in [-0.25, -0.2) is 0 Å². The van der Waals surface area contributed by atoms with Gasteiger partial charge < -0.3 is 5.11 Å². The summed E-state index contributed by atoms with van der Waals surface area (Å²) >= 11 is 0. The molecule has 0 unspecified atom stereocenters. The lowest BCUT2D eigenvalue weighted by Crippen LogP contribution is -2.54. The second-order valence-electron chi connectivity index (χ2n) is 13.3. The van der Waals surface area contributed by atoms with E-state index in [0.717, 1.165) is 60.2 Å². The Hall–Kier alpha value is -0.0400. The van der Waals surface area contributed by atoms with E-state index in [1.807, 2.05) is 0 Å². The van der Waals surface area contributed by atoms with Crippen LogP contribution in [0.2, 0.25) is 0 Å². The molecule has 0 radical (unpaired) electrons. The van der Waals surface area contributed by atoms with E-state index in [4.69, 9.17) is 0 Å². The maximum absolute atomic E-state index is 10.3. The second-order valence-corrected chi connectivity index (χ2v) is 13.3. The number of hydrogen-bond acceptors (Lipinski definition) is 1. The highest BCUT2D eigenvalue weighted by Gasteiger charge is 2.60. The predicted molar refractivity (Wildman–Crippen MR) is 128 cm³/mol. The van der Waals surface area contributed by atoms with Crippen LogP contribution in [0.5, 0.6) is 0 Å². The molecule has 30 heavy (non-hydrogen) atoms. The van der Waals surface area contributed by atoms with E-state index in [0.29, 0.717) is 10.8 Å². The zero-order valence-electron chi connectivity index (χ0n) is 21.1. The maximum atomic E-state index is 10.3. The summed E-state index contributed by atoms with van der Waals surface area (Å²) in [6, 6.07) is 0. The molecule has 1 N–H and O–H groups in total. The van der Waals surface area contributed by atoms with Crippen molar-refractivity contribution < 1.29 is 5.11 Å².